The number of rotatable bonds is 5. The van der Waals surface area contributed by atoms with Crippen LogP contribution in [0, 0.1) is 5.41 Å². The lowest BCUT2D eigenvalue weighted by atomic mass is 9.96. The Kier molecular flexibility index (Phi) is 6.78. The molecule has 0 aliphatic carbocycles. The van der Waals surface area contributed by atoms with Crippen LogP contribution in [0.1, 0.15) is 33.6 Å². The van der Waals surface area contributed by atoms with Gasteiger partial charge < -0.3 is 20.7 Å². The van der Waals surface area contributed by atoms with E-state index in [1.165, 1.54) is 0 Å². The van der Waals surface area contributed by atoms with Crippen molar-refractivity contribution in [3.8, 4) is 0 Å². The number of hydrogen-bond acceptors (Lipinski definition) is 3. The standard InChI is InChI=1S/C14H28N4O2/c1-14(2,3)12(19)16-7-8-17-13(15-4)18-10-11-6-5-9-20-11/h11H,5-10H2,1-4H3,(H,16,19)(H2,15,17,18). The summed E-state index contributed by atoms with van der Waals surface area (Å²) in [6.07, 6.45) is 2.53. The Morgan fingerprint density at radius 2 is 1.95 bits per heavy atom. The van der Waals surface area contributed by atoms with Crippen molar-refractivity contribution < 1.29 is 9.53 Å². The van der Waals surface area contributed by atoms with Crippen LogP contribution < -0.4 is 16.0 Å². The zero-order valence-electron chi connectivity index (χ0n) is 13.1. The largest absolute Gasteiger partial charge is 0.376 e. The lowest BCUT2D eigenvalue weighted by molar-refractivity contribution is -0.128. The molecule has 6 nitrogen and oxygen atoms in total. The van der Waals surface area contributed by atoms with Crippen molar-refractivity contribution >= 4 is 11.9 Å². The van der Waals surface area contributed by atoms with Gasteiger partial charge in [0.1, 0.15) is 0 Å². The van der Waals surface area contributed by atoms with Crippen molar-refractivity contribution in [2.24, 2.45) is 10.4 Å². The van der Waals surface area contributed by atoms with Crippen LogP contribution in [0.3, 0.4) is 0 Å². The maximum atomic E-state index is 11.7. The first-order valence-corrected chi connectivity index (χ1v) is 7.28. The van der Waals surface area contributed by atoms with Gasteiger partial charge in [-0.3, -0.25) is 9.79 Å². The van der Waals surface area contributed by atoms with Crippen LogP contribution in [-0.4, -0.2) is 51.3 Å². The lowest BCUT2D eigenvalue weighted by Gasteiger charge is -2.18. The number of ether oxygens (including phenoxy) is 1. The van der Waals surface area contributed by atoms with E-state index in [2.05, 4.69) is 20.9 Å². The molecule has 1 atom stereocenters. The zero-order valence-corrected chi connectivity index (χ0v) is 13.1. The summed E-state index contributed by atoms with van der Waals surface area (Å²) in [5.74, 6) is 0.798. The molecule has 0 aromatic rings. The molecule has 0 aromatic carbocycles. The Hall–Kier alpha value is -1.30. The second-order valence-electron chi connectivity index (χ2n) is 6.02. The monoisotopic (exact) mass is 284 g/mol. The molecule has 1 aliphatic heterocycles. The Labute approximate surface area is 121 Å². The Balaban J connectivity index is 2.13. The Morgan fingerprint density at radius 3 is 2.50 bits per heavy atom. The summed E-state index contributed by atoms with van der Waals surface area (Å²) >= 11 is 0. The van der Waals surface area contributed by atoms with E-state index in [4.69, 9.17) is 4.74 Å². The van der Waals surface area contributed by atoms with Crippen LogP contribution in [0.25, 0.3) is 0 Å². The van der Waals surface area contributed by atoms with E-state index >= 15 is 0 Å². The van der Waals surface area contributed by atoms with Crippen LogP contribution in [0.15, 0.2) is 4.99 Å². The molecule has 3 N–H and O–H groups in total. The lowest BCUT2D eigenvalue weighted by Crippen LogP contribution is -2.45. The van der Waals surface area contributed by atoms with Gasteiger partial charge >= 0.3 is 0 Å². The molecule has 0 saturated carbocycles. The molecule has 1 aliphatic rings. The topological polar surface area (TPSA) is 74.8 Å². The summed E-state index contributed by atoms with van der Waals surface area (Å²) in [5, 5.41) is 9.29. The average Bonchev–Trinajstić information content (AvgIpc) is 2.89. The summed E-state index contributed by atoms with van der Waals surface area (Å²) in [5.41, 5.74) is -0.347. The fraction of sp³-hybridized carbons (Fsp3) is 0.857. The highest BCUT2D eigenvalue weighted by atomic mass is 16.5. The van der Waals surface area contributed by atoms with Gasteiger partial charge in [-0.25, -0.2) is 0 Å². The highest BCUT2D eigenvalue weighted by Gasteiger charge is 2.20. The van der Waals surface area contributed by atoms with Gasteiger partial charge in [0.25, 0.3) is 0 Å². The third kappa shape index (κ3) is 6.23. The molecule has 0 bridgehead atoms. The summed E-state index contributed by atoms with van der Waals surface area (Å²) in [6, 6.07) is 0. The molecule has 1 rings (SSSR count). The number of carbonyl (C=O) groups is 1. The van der Waals surface area contributed by atoms with E-state index < -0.39 is 0 Å². The quantitative estimate of drug-likeness (QED) is 0.390. The highest BCUT2D eigenvalue weighted by molar-refractivity contribution is 5.81. The van der Waals surface area contributed by atoms with Gasteiger partial charge in [-0.15, -0.1) is 0 Å². The molecule has 1 unspecified atom stereocenters. The molecule has 116 valence electrons. The maximum absolute atomic E-state index is 11.7. The fourth-order valence-electron chi connectivity index (χ4n) is 1.86. The molecule has 1 amide bonds. The SMILES string of the molecule is CN=C(NCCNC(=O)C(C)(C)C)NCC1CCCO1. The van der Waals surface area contributed by atoms with Gasteiger partial charge in [-0.2, -0.15) is 0 Å². The minimum Gasteiger partial charge on any atom is -0.376 e. The molecule has 1 saturated heterocycles. The smallest absolute Gasteiger partial charge is 0.225 e. The van der Waals surface area contributed by atoms with E-state index in [1.807, 2.05) is 20.8 Å². The molecule has 20 heavy (non-hydrogen) atoms. The van der Waals surface area contributed by atoms with E-state index in [-0.39, 0.29) is 17.4 Å². The molecule has 0 spiro atoms. The minimum absolute atomic E-state index is 0.0570. The van der Waals surface area contributed by atoms with E-state index in [9.17, 15) is 4.79 Å². The number of nitrogens with zero attached hydrogens (tertiary/aromatic N) is 1. The Morgan fingerprint density at radius 1 is 1.25 bits per heavy atom. The van der Waals surface area contributed by atoms with E-state index in [0.717, 1.165) is 32.0 Å². The van der Waals surface area contributed by atoms with Gasteiger partial charge in [0.2, 0.25) is 5.91 Å². The number of amides is 1. The number of nitrogens with one attached hydrogen (secondary N) is 3. The van der Waals surface area contributed by atoms with Crippen LogP contribution in [-0.2, 0) is 9.53 Å². The Bertz CT molecular complexity index is 331. The second kappa shape index (κ2) is 8.09. The number of aliphatic imine (C=N–C) groups is 1. The number of hydrogen-bond donors (Lipinski definition) is 3. The van der Waals surface area contributed by atoms with Gasteiger partial charge in [-0.1, -0.05) is 20.8 Å². The van der Waals surface area contributed by atoms with Crippen molar-refractivity contribution in [1.82, 2.24) is 16.0 Å². The second-order valence-corrected chi connectivity index (χ2v) is 6.02. The van der Waals surface area contributed by atoms with Crippen molar-refractivity contribution in [3.05, 3.63) is 0 Å². The van der Waals surface area contributed by atoms with Crippen LogP contribution in [0.4, 0.5) is 0 Å². The third-order valence-electron chi connectivity index (χ3n) is 3.13. The van der Waals surface area contributed by atoms with Crippen LogP contribution in [0.5, 0.6) is 0 Å². The summed E-state index contributed by atoms with van der Waals surface area (Å²) < 4.78 is 5.54. The first-order valence-electron chi connectivity index (χ1n) is 7.28. The van der Waals surface area contributed by atoms with Crippen LogP contribution >= 0.6 is 0 Å². The molecular weight excluding hydrogens is 256 g/mol. The van der Waals surface area contributed by atoms with Crippen molar-refractivity contribution in [2.45, 2.75) is 39.7 Å². The third-order valence-corrected chi connectivity index (χ3v) is 3.13. The van der Waals surface area contributed by atoms with Gasteiger partial charge in [0.15, 0.2) is 5.96 Å². The predicted octanol–water partition coefficient (Wildman–Crippen LogP) is 0.493. The summed E-state index contributed by atoms with van der Waals surface area (Å²) in [7, 11) is 1.73. The van der Waals surface area contributed by atoms with Gasteiger partial charge in [-0.05, 0) is 12.8 Å². The number of carbonyl (C=O) groups excluding carboxylic acids is 1. The van der Waals surface area contributed by atoms with Crippen molar-refractivity contribution in [3.63, 3.8) is 0 Å². The molecule has 1 fully saturated rings. The molecule has 1 heterocycles. The number of guanidine groups is 1. The first kappa shape index (κ1) is 16.8. The first-order chi connectivity index (χ1) is 9.43. The van der Waals surface area contributed by atoms with E-state index in [0.29, 0.717) is 13.1 Å². The predicted molar refractivity (Wildman–Crippen MR) is 80.8 cm³/mol. The molecule has 6 heteroatoms. The molecular formula is C14H28N4O2. The normalized spacial score (nSPS) is 19.8. The average molecular weight is 284 g/mol. The summed E-state index contributed by atoms with van der Waals surface area (Å²) in [6.45, 7) is 8.56. The van der Waals surface area contributed by atoms with Crippen molar-refractivity contribution in [2.75, 3.05) is 33.3 Å². The maximum Gasteiger partial charge on any atom is 0.225 e. The summed E-state index contributed by atoms with van der Waals surface area (Å²) in [4.78, 5) is 15.8. The van der Waals surface area contributed by atoms with E-state index in [1.54, 1.807) is 7.05 Å². The van der Waals surface area contributed by atoms with Gasteiger partial charge in [0.05, 0.1) is 6.10 Å². The van der Waals surface area contributed by atoms with Crippen molar-refractivity contribution in [1.29, 1.82) is 0 Å². The fourth-order valence-corrected chi connectivity index (χ4v) is 1.86. The minimum atomic E-state index is -0.347. The highest BCUT2D eigenvalue weighted by Crippen LogP contribution is 2.12. The molecule has 0 radical (unpaired) electrons. The molecule has 0 aromatic heterocycles. The van der Waals surface area contributed by atoms with Gasteiger partial charge in [0, 0.05) is 38.7 Å². The van der Waals surface area contributed by atoms with Crippen LogP contribution in [0.2, 0.25) is 0 Å². The zero-order chi connectivity index (χ0) is 15.0.